The van der Waals surface area contributed by atoms with Crippen LogP contribution in [0.2, 0.25) is 0 Å². The second kappa shape index (κ2) is 5.82. The average molecular weight is 343 g/mol. The van der Waals surface area contributed by atoms with Gasteiger partial charge >= 0.3 is 0 Å². The molecule has 0 radical (unpaired) electrons. The number of anilines is 1. The minimum atomic E-state index is -0.168. The Balaban J connectivity index is 1.69. The van der Waals surface area contributed by atoms with Crippen LogP contribution in [0.25, 0.3) is 10.2 Å². The number of hydrogen-bond acceptors (Lipinski definition) is 7. The van der Waals surface area contributed by atoms with Crippen molar-refractivity contribution in [2.45, 2.75) is 26.4 Å². The predicted octanol–water partition coefficient (Wildman–Crippen LogP) is 1.22. The maximum Gasteiger partial charge on any atom is 0.289 e. The fraction of sp³-hybridized carbons (Fsp3) is 0.400. The number of hydrogen-bond donors (Lipinski definition) is 1. The monoisotopic (exact) mass is 343 g/mol. The lowest BCUT2D eigenvalue weighted by Crippen LogP contribution is -2.36. The highest BCUT2D eigenvalue weighted by Crippen LogP contribution is 2.28. The third-order valence-corrected chi connectivity index (χ3v) is 4.87. The smallest absolute Gasteiger partial charge is 0.289 e. The Kier molecular flexibility index (Phi) is 3.64. The molecule has 1 amide bonds. The molecule has 0 aliphatic carbocycles. The molecule has 0 saturated carbocycles. The first-order valence-corrected chi connectivity index (χ1v) is 8.71. The highest BCUT2D eigenvalue weighted by atomic mass is 32.1. The van der Waals surface area contributed by atoms with Crippen LogP contribution in [0.15, 0.2) is 11.4 Å². The van der Waals surface area contributed by atoms with E-state index in [2.05, 4.69) is 25.5 Å². The Hall–Kier alpha value is -2.55. The van der Waals surface area contributed by atoms with Gasteiger partial charge in [0.25, 0.3) is 5.91 Å². The minimum absolute atomic E-state index is 0.168. The molecule has 124 valence electrons. The summed E-state index contributed by atoms with van der Waals surface area (Å²) >= 11 is 1.62. The summed E-state index contributed by atoms with van der Waals surface area (Å²) in [6.07, 6.45) is 0.787. The molecule has 9 heteroatoms. The first kappa shape index (κ1) is 15.0. The molecule has 0 spiro atoms. The van der Waals surface area contributed by atoms with E-state index in [1.807, 2.05) is 34.9 Å². The maximum atomic E-state index is 11.8. The highest BCUT2D eigenvalue weighted by Gasteiger charge is 2.23. The van der Waals surface area contributed by atoms with E-state index in [9.17, 15) is 4.79 Å². The van der Waals surface area contributed by atoms with Gasteiger partial charge < -0.3 is 14.8 Å². The Morgan fingerprint density at radius 3 is 3.08 bits per heavy atom. The first-order chi connectivity index (χ1) is 11.7. The van der Waals surface area contributed by atoms with Gasteiger partial charge in [-0.15, -0.1) is 21.5 Å². The molecule has 8 nitrogen and oxygen atoms in total. The van der Waals surface area contributed by atoms with E-state index >= 15 is 0 Å². The van der Waals surface area contributed by atoms with E-state index in [0.717, 1.165) is 34.1 Å². The van der Waals surface area contributed by atoms with Crippen LogP contribution >= 0.6 is 11.3 Å². The molecule has 0 fully saturated rings. The van der Waals surface area contributed by atoms with Crippen molar-refractivity contribution in [3.05, 3.63) is 28.9 Å². The van der Waals surface area contributed by atoms with Crippen molar-refractivity contribution < 1.29 is 4.79 Å². The van der Waals surface area contributed by atoms with Crippen molar-refractivity contribution >= 4 is 33.3 Å². The molecule has 0 saturated heterocycles. The molecule has 0 bridgehead atoms. The van der Waals surface area contributed by atoms with E-state index < -0.39 is 0 Å². The summed E-state index contributed by atoms with van der Waals surface area (Å²) in [5.41, 5.74) is 0. The summed E-state index contributed by atoms with van der Waals surface area (Å²) in [4.78, 5) is 24.1. The molecular weight excluding hydrogens is 326 g/mol. The van der Waals surface area contributed by atoms with Crippen LogP contribution < -0.4 is 10.2 Å². The van der Waals surface area contributed by atoms with E-state index in [0.29, 0.717) is 25.5 Å². The Morgan fingerprint density at radius 2 is 2.25 bits per heavy atom. The highest BCUT2D eigenvalue weighted by molar-refractivity contribution is 7.16. The van der Waals surface area contributed by atoms with Crippen LogP contribution in [0.5, 0.6) is 0 Å². The number of aromatic nitrogens is 5. The van der Waals surface area contributed by atoms with Crippen LogP contribution in [-0.2, 0) is 19.5 Å². The largest absolute Gasteiger partial charge is 0.351 e. The van der Waals surface area contributed by atoms with Crippen molar-refractivity contribution in [1.82, 2.24) is 30.0 Å². The molecule has 4 heterocycles. The van der Waals surface area contributed by atoms with Crippen LogP contribution in [0, 0.1) is 0 Å². The standard InChI is InChI=1S/C15H17N7OS/c1-3-10-17-12(9-4-7-24-15(9)18-10)21(2)8-11-19-20-13-14(23)16-5-6-22(11)13/h4,7H,3,5-6,8H2,1-2H3,(H,16,23). The molecule has 3 aromatic rings. The summed E-state index contributed by atoms with van der Waals surface area (Å²) < 4.78 is 1.88. The Labute approximate surface area is 142 Å². The number of rotatable bonds is 4. The lowest BCUT2D eigenvalue weighted by molar-refractivity contribution is 0.0921. The normalized spacial score (nSPS) is 13.8. The van der Waals surface area contributed by atoms with Crippen molar-refractivity contribution in [1.29, 1.82) is 0 Å². The zero-order valence-electron chi connectivity index (χ0n) is 13.5. The number of nitrogens with zero attached hydrogens (tertiary/aromatic N) is 6. The number of carbonyl (C=O) groups excluding carboxylic acids is 1. The number of thiophene rings is 1. The summed E-state index contributed by atoms with van der Waals surface area (Å²) in [6.45, 7) is 3.87. The van der Waals surface area contributed by atoms with Gasteiger partial charge in [-0.1, -0.05) is 6.92 Å². The quantitative estimate of drug-likeness (QED) is 0.766. The van der Waals surface area contributed by atoms with Crippen molar-refractivity contribution in [2.24, 2.45) is 0 Å². The minimum Gasteiger partial charge on any atom is -0.351 e. The third-order valence-electron chi connectivity index (χ3n) is 4.06. The number of amides is 1. The molecule has 1 aliphatic heterocycles. The predicted molar refractivity (Wildman–Crippen MR) is 91.3 cm³/mol. The van der Waals surface area contributed by atoms with Gasteiger partial charge in [0.2, 0.25) is 5.82 Å². The number of nitrogens with one attached hydrogen (secondary N) is 1. The van der Waals surface area contributed by atoms with Gasteiger partial charge in [0.15, 0.2) is 5.82 Å². The van der Waals surface area contributed by atoms with Crippen LogP contribution in [0.1, 0.15) is 29.2 Å². The first-order valence-electron chi connectivity index (χ1n) is 7.83. The molecule has 3 aromatic heterocycles. The van der Waals surface area contributed by atoms with Gasteiger partial charge in [-0.3, -0.25) is 4.79 Å². The summed E-state index contributed by atoms with van der Waals surface area (Å²) in [5, 5.41) is 14.0. The van der Waals surface area contributed by atoms with Gasteiger partial charge in [-0.2, -0.15) is 0 Å². The van der Waals surface area contributed by atoms with E-state index in [1.54, 1.807) is 11.3 Å². The number of carbonyl (C=O) groups is 1. The fourth-order valence-electron chi connectivity index (χ4n) is 2.83. The second-order valence-electron chi connectivity index (χ2n) is 5.66. The van der Waals surface area contributed by atoms with Gasteiger partial charge in [0.05, 0.1) is 11.9 Å². The third kappa shape index (κ3) is 2.41. The van der Waals surface area contributed by atoms with Gasteiger partial charge in [0.1, 0.15) is 16.5 Å². The van der Waals surface area contributed by atoms with Crippen molar-refractivity contribution in [3.63, 3.8) is 0 Å². The van der Waals surface area contributed by atoms with E-state index in [4.69, 9.17) is 0 Å². The average Bonchev–Trinajstić information content (AvgIpc) is 3.21. The van der Waals surface area contributed by atoms with Crippen molar-refractivity contribution in [3.8, 4) is 0 Å². The van der Waals surface area contributed by atoms with Gasteiger partial charge in [0, 0.05) is 26.6 Å². The van der Waals surface area contributed by atoms with Crippen LogP contribution in [0.4, 0.5) is 5.82 Å². The molecule has 0 atom stereocenters. The molecule has 4 rings (SSSR count). The Morgan fingerprint density at radius 1 is 1.38 bits per heavy atom. The maximum absolute atomic E-state index is 11.8. The molecule has 1 N–H and O–H groups in total. The summed E-state index contributed by atoms with van der Waals surface area (Å²) in [6, 6.07) is 2.04. The fourth-order valence-corrected chi connectivity index (χ4v) is 3.61. The second-order valence-corrected chi connectivity index (χ2v) is 6.55. The molecule has 1 aliphatic rings. The SMILES string of the molecule is CCc1nc(N(C)Cc2nnc3n2CCNC3=O)c2ccsc2n1. The number of fused-ring (bicyclic) bond motifs is 2. The van der Waals surface area contributed by atoms with Gasteiger partial charge in [-0.05, 0) is 11.4 Å². The number of aryl methyl sites for hydroxylation is 1. The van der Waals surface area contributed by atoms with E-state index in [-0.39, 0.29) is 5.91 Å². The lowest BCUT2D eigenvalue weighted by Gasteiger charge is -2.21. The molecular formula is C15H17N7OS. The Bertz CT molecular complexity index is 916. The molecule has 24 heavy (non-hydrogen) atoms. The summed E-state index contributed by atoms with van der Waals surface area (Å²) in [7, 11) is 1.98. The molecule has 0 unspecified atom stereocenters. The van der Waals surface area contributed by atoms with Crippen LogP contribution in [-0.4, -0.2) is 44.2 Å². The van der Waals surface area contributed by atoms with Crippen LogP contribution in [0.3, 0.4) is 0 Å². The van der Waals surface area contributed by atoms with Gasteiger partial charge in [-0.25, -0.2) is 9.97 Å². The topological polar surface area (TPSA) is 88.8 Å². The van der Waals surface area contributed by atoms with E-state index in [1.165, 1.54) is 0 Å². The zero-order valence-corrected chi connectivity index (χ0v) is 14.3. The molecule has 0 aromatic carbocycles. The summed E-state index contributed by atoms with van der Waals surface area (Å²) in [5.74, 6) is 2.69. The van der Waals surface area contributed by atoms with Crippen molar-refractivity contribution in [2.75, 3.05) is 18.5 Å². The lowest BCUT2D eigenvalue weighted by atomic mass is 10.3. The zero-order chi connectivity index (χ0) is 16.7.